The monoisotopic (exact) mass is 171 g/mol. The third kappa shape index (κ3) is 2.02. The minimum atomic E-state index is 0.191. The van der Waals surface area contributed by atoms with Gasteiger partial charge in [0.05, 0.1) is 10.7 Å². The van der Waals surface area contributed by atoms with Gasteiger partial charge in [-0.25, -0.2) is 0 Å². The van der Waals surface area contributed by atoms with Crippen molar-refractivity contribution in [1.29, 1.82) is 0 Å². The highest BCUT2D eigenvalue weighted by Crippen LogP contribution is 2.25. The summed E-state index contributed by atoms with van der Waals surface area (Å²) in [6, 6.07) is 4.87. The Kier molecular flexibility index (Phi) is 2.60. The molecule has 11 heavy (non-hydrogen) atoms. The number of aromatic hydroxyl groups is 1. The van der Waals surface area contributed by atoms with Gasteiger partial charge < -0.3 is 10.4 Å². The molecule has 0 saturated heterocycles. The van der Waals surface area contributed by atoms with E-state index in [0.717, 1.165) is 12.2 Å². The maximum Gasteiger partial charge on any atom is 0.117 e. The second-order valence-electron chi connectivity index (χ2n) is 2.19. The molecule has 60 valence electrons. The molecule has 1 rings (SSSR count). The Bertz CT molecular complexity index is 250. The summed E-state index contributed by atoms with van der Waals surface area (Å²) in [6.07, 6.45) is 0. The van der Waals surface area contributed by atoms with Crippen molar-refractivity contribution >= 4 is 17.3 Å². The average molecular weight is 172 g/mol. The molecule has 0 atom stereocenters. The Hall–Kier alpha value is -0.890. The van der Waals surface area contributed by atoms with Gasteiger partial charge in [-0.3, -0.25) is 0 Å². The normalized spacial score (nSPS) is 9.64. The van der Waals surface area contributed by atoms with Crippen LogP contribution in [0, 0.1) is 0 Å². The highest BCUT2D eigenvalue weighted by Gasteiger charge is 1.98. The lowest BCUT2D eigenvalue weighted by atomic mass is 10.3. The van der Waals surface area contributed by atoms with Gasteiger partial charge in [0.1, 0.15) is 5.75 Å². The van der Waals surface area contributed by atoms with Crippen LogP contribution in [0.2, 0.25) is 5.02 Å². The van der Waals surface area contributed by atoms with Crippen LogP contribution in [0.4, 0.5) is 5.69 Å². The lowest BCUT2D eigenvalue weighted by Gasteiger charge is -2.04. The first-order chi connectivity index (χ1) is 5.24. The van der Waals surface area contributed by atoms with E-state index in [1.54, 1.807) is 12.1 Å². The second-order valence-corrected chi connectivity index (χ2v) is 2.60. The topological polar surface area (TPSA) is 32.3 Å². The highest BCUT2D eigenvalue weighted by molar-refractivity contribution is 6.33. The van der Waals surface area contributed by atoms with Crippen LogP contribution in [0.3, 0.4) is 0 Å². The van der Waals surface area contributed by atoms with Crippen LogP contribution in [-0.4, -0.2) is 11.7 Å². The van der Waals surface area contributed by atoms with Crippen molar-refractivity contribution in [2.45, 2.75) is 6.92 Å². The van der Waals surface area contributed by atoms with Crippen LogP contribution in [0.25, 0.3) is 0 Å². The maximum atomic E-state index is 8.99. The van der Waals surface area contributed by atoms with Gasteiger partial charge in [0.15, 0.2) is 0 Å². The summed E-state index contributed by atoms with van der Waals surface area (Å²) in [5.41, 5.74) is 0.854. The Morgan fingerprint density at radius 1 is 1.55 bits per heavy atom. The van der Waals surface area contributed by atoms with E-state index in [1.807, 2.05) is 6.92 Å². The molecular weight excluding hydrogens is 162 g/mol. The minimum absolute atomic E-state index is 0.191. The third-order valence-corrected chi connectivity index (χ3v) is 1.63. The quantitative estimate of drug-likeness (QED) is 0.671. The number of benzene rings is 1. The van der Waals surface area contributed by atoms with Crippen molar-refractivity contribution in [2.24, 2.45) is 0 Å². The van der Waals surface area contributed by atoms with E-state index in [2.05, 4.69) is 5.32 Å². The van der Waals surface area contributed by atoms with Gasteiger partial charge >= 0.3 is 0 Å². The van der Waals surface area contributed by atoms with Crippen LogP contribution >= 0.6 is 11.6 Å². The smallest absolute Gasteiger partial charge is 0.117 e. The van der Waals surface area contributed by atoms with Crippen LogP contribution in [0.5, 0.6) is 5.75 Å². The van der Waals surface area contributed by atoms with E-state index in [0.29, 0.717) is 5.02 Å². The van der Waals surface area contributed by atoms with E-state index >= 15 is 0 Å². The number of hydrogen-bond acceptors (Lipinski definition) is 2. The summed E-state index contributed by atoms with van der Waals surface area (Å²) < 4.78 is 0. The first-order valence-corrected chi connectivity index (χ1v) is 3.84. The molecule has 2 N–H and O–H groups in total. The summed E-state index contributed by atoms with van der Waals surface area (Å²) in [5, 5.41) is 12.6. The molecule has 0 heterocycles. The molecule has 0 aliphatic rings. The van der Waals surface area contributed by atoms with Gasteiger partial charge in [0, 0.05) is 12.6 Å². The molecule has 1 aromatic carbocycles. The second kappa shape index (κ2) is 3.49. The van der Waals surface area contributed by atoms with Crippen molar-refractivity contribution in [3.8, 4) is 5.75 Å². The largest absolute Gasteiger partial charge is 0.508 e. The van der Waals surface area contributed by atoms with Crippen molar-refractivity contribution in [2.75, 3.05) is 11.9 Å². The zero-order valence-electron chi connectivity index (χ0n) is 6.26. The fourth-order valence-electron chi connectivity index (χ4n) is 0.838. The number of hydrogen-bond donors (Lipinski definition) is 2. The Labute approximate surface area is 70.8 Å². The Balaban J connectivity index is 2.90. The molecule has 0 radical (unpaired) electrons. The average Bonchev–Trinajstić information content (AvgIpc) is 1.95. The third-order valence-electron chi connectivity index (χ3n) is 1.32. The molecular formula is C8H10ClNO. The van der Waals surface area contributed by atoms with Crippen LogP contribution < -0.4 is 5.32 Å². The number of halogens is 1. The van der Waals surface area contributed by atoms with Crippen molar-refractivity contribution in [3.63, 3.8) is 0 Å². The lowest BCUT2D eigenvalue weighted by molar-refractivity contribution is 0.475. The summed E-state index contributed by atoms with van der Waals surface area (Å²) in [7, 11) is 0. The zero-order valence-corrected chi connectivity index (χ0v) is 7.02. The summed E-state index contributed by atoms with van der Waals surface area (Å²) in [5.74, 6) is 0.191. The van der Waals surface area contributed by atoms with E-state index in [4.69, 9.17) is 16.7 Å². The van der Waals surface area contributed by atoms with Crippen molar-refractivity contribution in [3.05, 3.63) is 23.2 Å². The first-order valence-electron chi connectivity index (χ1n) is 3.46. The molecule has 0 aliphatic heterocycles. The van der Waals surface area contributed by atoms with Gasteiger partial charge in [-0.1, -0.05) is 11.6 Å². The Morgan fingerprint density at radius 3 is 2.82 bits per heavy atom. The molecule has 3 heteroatoms. The molecule has 0 saturated carbocycles. The number of rotatable bonds is 2. The standard InChI is InChI=1S/C8H10ClNO/c1-2-10-8-4-3-6(11)5-7(8)9/h3-5,10-11H,2H2,1H3. The van der Waals surface area contributed by atoms with Gasteiger partial charge in [0.25, 0.3) is 0 Å². The lowest BCUT2D eigenvalue weighted by Crippen LogP contribution is -1.96. The van der Waals surface area contributed by atoms with E-state index in [9.17, 15) is 0 Å². The van der Waals surface area contributed by atoms with Crippen LogP contribution in [0.15, 0.2) is 18.2 Å². The van der Waals surface area contributed by atoms with Gasteiger partial charge in [-0.2, -0.15) is 0 Å². The zero-order chi connectivity index (χ0) is 8.27. The van der Waals surface area contributed by atoms with E-state index in [-0.39, 0.29) is 5.75 Å². The molecule has 1 aromatic rings. The number of nitrogens with one attached hydrogen (secondary N) is 1. The summed E-state index contributed by atoms with van der Waals surface area (Å²) in [4.78, 5) is 0. The number of phenolic OH excluding ortho intramolecular Hbond substituents is 1. The molecule has 0 aromatic heterocycles. The minimum Gasteiger partial charge on any atom is -0.508 e. The predicted octanol–water partition coefficient (Wildman–Crippen LogP) is 2.48. The fourth-order valence-corrected chi connectivity index (χ4v) is 1.08. The summed E-state index contributed by atoms with van der Waals surface area (Å²) >= 11 is 5.79. The maximum absolute atomic E-state index is 8.99. The summed E-state index contributed by atoms with van der Waals surface area (Å²) in [6.45, 7) is 2.81. The highest BCUT2D eigenvalue weighted by atomic mass is 35.5. The SMILES string of the molecule is CCNc1ccc(O)cc1Cl. The molecule has 0 aliphatic carbocycles. The van der Waals surface area contributed by atoms with Gasteiger partial charge in [0.2, 0.25) is 0 Å². The predicted molar refractivity (Wildman–Crippen MR) is 47.3 cm³/mol. The molecule has 0 unspecified atom stereocenters. The first kappa shape index (κ1) is 8.21. The molecule has 0 amide bonds. The van der Waals surface area contributed by atoms with Gasteiger partial charge in [-0.15, -0.1) is 0 Å². The number of anilines is 1. The molecule has 0 fully saturated rings. The van der Waals surface area contributed by atoms with E-state index in [1.165, 1.54) is 6.07 Å². The van der Waals surface area contributed by atoms with Crippen molar-refractivity contribution < 1.29 is 5.11 Å². The Morgan fingerprint density at radius 2 is 2.27 bits per heavy atom. The van der Waals surface area contributed by atoms with E-state index < -0.39 is 0 Å². The number of phenols is 1. The van der Waals surface area contributed by atoms with Gasteiger partial charge in [-0.05, 0) is 19.1 Å². The van der Waals surface area contributed by atoms with Crippen LogP contribution in [-0.2, 0) is 0 Å². The molecule has 0 bridgehead atoms. The van der Waals surface area contributed by atoms with Crippen LogP contribution in [0.1, 0.15) is 6.92 Å². The molecule has 2 nitrogen and oxygen atoms in total. The fraction of sp³-hybridized carbons (Fsp3) is 0.250. The van der Waals surface area contributed by atoms with Crippen molar-refractivity contribution in [1.82, 2.24) is 0 Å². The molecule has 0 spiro atoms.